The maximum absolute atomic E-state index is 13.5. The molecule has 3 aromatic rings. The monoisotopic (exact) mass is 393 g/mol. The zero-order valence-electron chi connectivity index (χ0n) is 14.7. The van der Waals surface area contributed by atoms with Gasteiger partial charge in [-0.2, -0.15) is 0 Å². The molecule has 2 atom stereocenters. The second-order valence-corrected chi connectivity index (χ2v) is 5.87. The molecule has 2 unspecified atom stereocenters. The molecule has 0 saturated carbocycles. The van der Waals surface area contributed by atoms with Crippen LogP contribution in [0.1, 0.15) is 18.5 Å². The average molecular weight is 394 g/mol. The number of nitrogens with zero attached hydrogens (tertiary/aromatic N) is 4. The van der Waals surface area contributed by atoms with E-state index in [-0.39, 0.29) is 30.8 Å². The smallest absolute Gasteiger partial charge is 0.165 e. The summed E-state index contributed by atoms with van der Waals surface area (Å²) in [7, 11) is 0. The third kappa shape index (κ3) is 5.72. The summed E-state index contributed by atoms with van der Waals surface area (Å²) in [6.07, 6.45) is 0.778. The van der Waals surface area contributed by atoms with Crippen LogP contribution in [0, 0.1) is 5.82 Å². The molecule has 144 valence electrons. The molecule has 7 nitrogen and oxygen atoms in total. The van der Waals surface area contributed by atoms with E-state index in [1.54, 1.807) is 16.8 Å². The molecular weight excluding hydrogens is 373 g/mol. The first-order valence-electron chi connectivity index (χ1n) is 8.25. The van der Waals surface area contributed by atoms with E-state index in [0.717, 1.165) is 11.3 Å². The number of ether oxygens (including phenoxy) is 1. The highest BCUT2D eigenvalue weighted by Gasteiger charge is 2.11. The predicted molar refractivity (Wildman–Crippen MR) is 101 cm³/mol. The van der Waals surface area contributed by atoms with Gasteiger partial charge >= 0.3 is 0 Å². The Kier molecular flexibility index (Phi) is 7.66. The molecule has 0 aliphatic carbocycles. The Hall–Kier alpha value is -2.55. The van der Waals surface area contributed by atoms with Crippen LogP contribution in [0.25, 0.3) is 5.69 Å². The van der Waals surface area contributed by atoms with E-state index in [1.807, 2.05) is 31.2 Å². The first-order chi connectivity index (χ1) is 12.6. The fourth-order valence-corrected chi connectivity index (χ4v) is 2.43. The van der Waals surface area contributed by atoms with Crippen LogP contribution in [-0.4, -0.2) is 44.6 Å². The molecular formula is C18H21ClFN5O2. The maximum Gasteiger partial charge on any atom is 0.165 e. The Labute approximate surface area is 162 Å². The van der Waals surface area contributed by atoms with E-state index in [4.69, 9.17) is 4.74 Å². The summed E-state index contributed by atoms with van der Waals surface area (Å²) in [6.45, 7) is 2.33. The first-order valence-corrected chi connectivity index (χ1v) is 8.25. The highest BCUT2D eigenvalue weighted by molar-refractivity contribution is 5.85. The van der Waals surface area contributed by atoms with Crippen LogP contribution in [0.5, 0.6) is 5.75 Å². The lowest BCUT2D eigenvalue weighted by molar-refractivity contribution is 0.102. The molecule has 0 fully saturated rings. The Morgan fingerprint density at radius 1 is 1.19 bits per heavy atom. The highest BCUT2D eigenvalue weighted by Crippen LogP contribution is 2.16. The van der Waals surface area contributed by atoms with Gasteiger partial charge < -0.3 is 15.2 Å². The number of hydrogen-bond donors (Lipinski definition) is 2. The molecule has 1 heterocycles. The summed E-state index contributed by atoms with van der Waals surface area (Å²) in [4.78, 5) is 0. The lowest BCUT2D eigenvalue weighted by Gasteiger charge is -2.18. The Morgan fingerprint density at radius 2 is 1.93 bits per heavy atom. The summed E-state index contributed by atoms with van der Waals surface area (Å²) < 4.78 is 20.4. The van der Waals surface area contributed by atoms with Crippen molar-refractivity contribution in [1.29, 1.82) is 0 Å². The van der Waals surface area contributed by atoms with Gasteiger partial charge in [0.2, 0.25) is 0 Å². The summed E-state index contributed by atoms with van der Waals surface area (Å²) in [6, 6.07) is 13.9. The minimum absolute atomic E-state index is 0. The number of rotatable bonds is 8. The predicted octanol–water partition coefficient (Wildman–Crippen LogP) is 2.31. The van der Waals surface area contributed by atoms with Gasteiger partial charge in [-0.05, 0) is 47.2 Å². The number of aliphatic hydroxyl groups is 1. The van der Waals surface area contributed by atoms with E-state index in [0.29, 0.717) is 6.54 Å². The largest absolute Gasteiger partial charge is 0.488 e. The standard InChI is InChI=1S/C18H20FN5O2.ClH/c1-13(14-6-8-15(9-7-14)24-12-21-22-23-24)20-10-16(25)11-26-18-5-3-2-4-17(18)19;/h2-9,12-13,16,20,25H,10-11H2,1H3;1H. The Bertz CT molecular complexity index is 817. The quantitative estimate of drug-likeness (QED) is 0.611. The van der Waals surface area contributed by atoms with Crippen molar-refractivity contribution < 1.29 is 14.2 Å². The average Bonchev–Trinajstić information content (AvgIpc) is 3.20. The molecule has 3 rings (SSSR count). The molecule has 0 radical (unpaired) electrons. The molecule has 1 aromatic heterocycles. The summed E-state index contributed by atoms with van der Waals surface area (Å²) >= 11 is 0. The minimum atomic E-state index is -0.752. The van der Waals surface area contributed by atoms with Gasteiger partial charge in [0.1, 0.15) is 19.0 Å². The van der Waals surface area contributed by atoms with Crippen molar-refractivity contribution in [2.45, 2.75) is 19.1 Å². The fraction of sp³-hybridized carbons (Fsp3) is 0.278. The zero-order valence-corrected chi connectivity index (χ0v) is 15.5. The molecule has 0 amide bonds. The Balaban J connectivity index is 0.00000261. The lowest BCUT2D eigenvalue weighted by Crippen LogP contribution is -2.33. The number of benzene rings is 2. The molecule has 2 aromatic carbocycles. The van der Waals surface area contributed by atoms with Crippen LogP contribution in [0.3, 0.4) is 0 Å². The molecule has 0 aliphatic rings. The van der Waals surface area contributed by atoms with Gasteiger partial charge in [-0.15, -0.1) is 17.5 Å². The normalized spacial score (nSPS) is 12.9. The van der Waals surface area contributed by atoms with E-state index in [1.165, 1.54) is 18.5 Å². The second kappa shape index (κ2) is 9.96. The van der Waals surface area contributed by atoms with E-state index >= 15 is 0 Å². The van der Waals surface area contributed by atoms with Gasteiger partial charge in [0.05, 0.1) is 5.69 Å². The van der Waals surface area contributed by atoms with Crippen molar-refractivity contribution in [1.82, 2.24) is 25.5 Å². The van der Waals surface area contributed by atoms with Gasteiger partial charge in [0.15, 0.2) is 11.6 Å². The summed E-state index contributed by atoms with van der Waals surface area (Å²) in [5, 5.41) is 24.3. The van der Waals surface area contributed by atoms with Crippen molar-refractivity contribution in [2.75, 3.05) is 13.2 Å². The number of halogens is 2. The van der Waals surface area contributed by atoms with Crippen LogP contribution >= 0.6 is 12.4 Å². The van der Waals surface area contributed by atoms with Crippen molar-refractivity contribution in [2.24, 2.45) is 0 Å². The topological polar surface area (TPSA) is 85.1 Å². The maximum atomic E-state index is 13.5. The van der Waals surface area contributed by atoms with E-state index < -0.39 is 11.9 Å². The lowest BCUT2D eigenvalue weighted by atomic mass is 10.1. The fourth-order valence-electron chi connectivity index (χ4n) is 2.43. The van der Waals surface area contributed by atoms with Crippen LogP contribution in [0.4, 0.5) is 4.39 Å². The SMILES string of the molecule is CC(NCC(O)COc1ccccc1F)c1ccc(-n2cnnn2)cc1.Cl. The number of hydrogen-bond acceptors (Lipinski definition) is 6. The van der Waals surface area contributed by atoms with Crippen molar-refractivity contribution in [3.05, 3.63) is 66.2 Å². The molecule has 2 N–H and O–H groups in total. The number of nitrogens with one attached hydrogen (secondary N) is 1. The van der Waals surface area contributed by atoms with Crippen LogP contribution in [-0.2, 0) is 0 Å². The zero-order chi connectivity index (χ0) is 18.4. The molecule has 0 bridgehead atoms. The molecule has 9 heteroatoms. The highest BCUT2D eigenvalue weighted by atomic mass is 35.5. The van der Waals surface area contributed by atoms with Gasteiger partial charge in [-0.1, -0.05) is 24.3 Å². The van der Waals surface area contributed by atoms with Crippen LogP contribution in [0.2, 0.25) is 0 Å². The number of aliphatic hydroxyl groups excluding tert-OH is 1. The van der Waals surface area contributed by atoms with Crippen molar-refractivity contribution >= 4 is 12.4 Å². The van der Waals surface area contributed by atoms with Gasteiger partial charge in [-0.25, -0.2) is 9.07 Å². The first kappa shape index (κ1) is 20.8. The third-order valence-electron chi connectivity index (χ3n) is 3.93. The van der Waals surface area contributed by atoms with Crippen LogP contribution in [0.15, 0.2) is 54.9 Å². The van der Waals surface area contributed by atoms with Gasteiger partial charge in [-0.3, -0.25) is 0 Å². The van der Waals surface area contributed by atoms with Gasteiger partial charge in [0, 0.05) is 12.6 Å². The van der Waals surface area contributed by atoms with Crippen LogP contribution < -0.4 is 10.1 Å². The number of para-hydroxylation sites is 1. The second-order valence-electron chi connectivity index (χ2n) is 5.87. The molecule has 27 heavy (non-hydrogen) atoms. The van der Waals surface area contributed by atoms with E-state index in [2.05, 4.69) is 20.8 Å². The minimum Gasteiger partial charge on any atom is -0.488 e. The molecule has 0 saturated heterocycles. The van der Waals surface area contributed by atoms with E-state index in [9.17, 15) is 9.50 Å². The van der Waals surface area contributed by atoms with Crippen molar-refractivity contribution in [3.8, 4) is 11.4 Å². The summed E-state index contributed by atoms with van der Waals surface area (Å²) in [5.41, 5.74) is 1.92. The van der Waals surface area contributed by atoms with Gasteiger partial charge in [0.25, 0.3) is 0 Å². The summed E-state index contributed by atoms with van der Waals surface area (Å²) in [5.74, 6) is -0.304. The third-order valence-corrected chi connectivity index (χ3v) is 3.93. The number of tetrazole rings is 1. The molecule has 0 spiro atoms. The Morgan fingerprint density at radius 3 is 2.59 bits per heavy atom. The molecule has 0 aliphatic heterocycles. The van der Waals surface area contributed by atoms with Crippen molar-refractivity contribution in [3.63, 3.8) is 0 Å². The number of aromatic nitrogens is 4.